The van der Waals surface area contributed by atoms with Crippen molar-refractivity contribution in [1.29, 1.82) is 0 Å². The summed E-state index contributed by atoms with van der Waals surface area (Å²) < 4.78 is 21.0. The third-order valence-electron chi connectivity index (χ3n) is 8.57. The number of nitrogens with one attached hydrogen (secondary N) is 1. The second-order valence-corrected chi connectivity index (χ2v) is 12.1. The number of benzene rings is 1. The Bertz CT molecular complexity index is 1540. The highest BCUT2D eigenvalue weighted by molar-refractivity contribution is 9.10. The summed E-state index contributed by atoms with van der Waals surface area (Å²) in [5.41, 5.74) is 7.50. The fourth-order valence-corrected chi connectivity index (χ4v) is 6.49. The summed E-state index contributed by atoms with van der Waals surface area (Å²) in [6, 6.07) is 7.80. The van der Waals surface area contributed by atoms with Crippen LogP contribution < -0.4 is 10.1 Å². The second kappa shape index (κ2) is 10.5. The zero-order valence-corrected chi connectivity index (χ0v) is 24.2. The van der Waals surface area contributed by atoms with Crippen molar-refractivity contribution in [2.45, 2.75) is 64.2 Å². The maximum absolute atomic E-state index is 14.6. The highest BCUT2D eigenvalue weighted by Gasteiger charge is 2.36. The van der Waals surface area contributed by atoms with Crippen molar-refractivity contribution >= 4 is 38.3 Å². The van der Waals surface area contributed by atoms with Gasteiger partial charge in [-0.25, -0.2) is 4.39 Å². The number of methoxy groups -OCH3 is 1. The van der Waals surface area contributed by atoms with Gasteiger partial charge in [-0.15, -0.1) is 0 Å². The predicted molar refractivity (Wildman–Crippen MR) is 156 cm³/mol. The van der Waals surface area contributed by atoms with Crippen molar-refractivity contribution in [3.05, 3.63) is 80.5 Å². The lowest BCUT2D eigenvalue weighted by molar-refractivity contribution is 0.0950. The zero-order valence-electron chi connectivity index (χ0n) is 22.6. The van der Waals surface area contributed by atoms with Crippen molar-refractivity contribution < 1.29 is 13.9 Å². The van der Waals surface area contributed by atoms with Crippen LogP contribution in [0.3, 0.4) is 0 Å². The molecule has 3 aromatic rings. The summed E-state index contributed by atoms with van der Waals surface area (Å²) in [4.78, 5) is 23.0. The molecule has 1 saturated carbocycles. The molecular formula is C32H33BrFN3O2. The van der Waals surface area contributed by atoms with E-state index in [0.29, 0.717) is 42.5 Å². The number of carbonyl (C=O) groups is 1. The standard InChI is InChI=1S/C32H33BrFN3O2/c1-17-7-10-24-25(17)14-28(37-31(24)23-5-4-6-27(34)18(23)2)26(19-8-9-19)16-36-32(38)21-11-20-12-22(33)15-35-30(20)29(13-21)39-3/h5,11-15,17,19,26H,4,6-10,16H2,1-3H3,(H,36,38). The van der Waals surface area contributed by atoms with Crippen LogP contribution in [0.2, 0.25) is 0 Å². The van der Waals surface area contributed by atoms with Crippen molar-refractivity contribution in [3.63, 3.8) is 0 Å². The van der Waals surface area contributed by atoms with Gasteiger partial charge in [0.15, 0.2) is 0 Å². The second-order valence-electron chi connectivity index (χ2n) is 11.1. The molecule has 0 aliphatic heterocycles. The van der Waals surface area contributed by atoms with E-state index in [1.807, 2.05) is 19.1 Å². The van der Waals surface area contributed by atoms with Crippen LogP contribution in [0.4, 0.5) is 4.39 Å². The van der Waals surface area contributed by atoms with Gasteiger partial charge < -0.3 is 10.1 Å². The molecule has 0 saturated heterocycles. The van der Waals surface area contributed by atoms with E-state index < -0.39 is 0 Å². The van der Waals surface area contributed by atoms with E-state index in [-0.39, 0.29) is 17.7 Å². The van der Waals surface area contributed by atoms with Crippen molar-refractivity contribution in [3.8, 4) is 5.75 Å². The summed E-state index contributed by atoms with van der Waals surface area (Å²) in [7, 11) is 1.59. The molecule has 0 bridgehead atoms. The van der Waals surface area contributed by atoms with E-state index in [1.54, 1.807) is 19.4 Å². The Morgan fingerprint density at radius 3 is 2.79 bits per heavy atom. The van der Waals surface area contributed by atoms with Crippen LogP contribution in [0.15, 0.2) is 52.4 Å². The third-order valence-corrected chi connectivity index (χ3v) is 9.00. The zero-order chi connectivity index (χ0) is 27.3. The molecule has 1 fully saturated rings. The summed E-state index contributed by atoms with van der Waals surface area (Å²) in [5.74, 6) is 1.44. The number of rotatable bonds is 7. The van der Waals surface area contributed by atoms with Crippen molar-refractivity contribution in [2.75, 3.05) is 13.7 Å². The smallest absolute Gasteiger partial charge is 0.251 e. The lowest BCUT2D eigenvalue weighted by Gasteiger charge is -2.23. The third kappa shape index (κ3) is 5.02. The molecule has 0 spiro atoms. The highest BCUT2D eigenvalue weighted by atomic mass is 79.9. The Hall–Kier alpha value is -3.06. The van der Waals surface area contributed by atoms with Gasteiger partial charge in [-0.05, 0) is 108 Å². The van der Waals surface area contributed by atoms with Gasteiger partial charge in [0, 0.05) is 51.8 Å². The maximum atomic E-state index is 14.6. The average molecular weight is 591 g/mol. The lowest BCUT2D eigenvalue weighted by Crippen LogP contribution is -2.30. The Morgan fingerprint density at radius 2 is 2.03 bits per heavy atom. The number of hydrogen-bond donors (Lipinski definition) is 1. The van der Waals surface area contributed by atoms with E-state index in [4.69, 9.17) is 9.72 Å². The largest absolute Gasteiger partial charge is 0.494 e. The SMILES string of the molecule is COc1cc(C(=O)NCC(c2cc3c(c(C4=CCCC(F)=C4C)n2)CCC3C)C2CC2)cc2cc(Br)cnc12. The molecule has 1 aromatic carbocycles. The molecular weight excluding hydrogens is 557 g/mol. The van der Waals surface area contributed by atoms with E-state index in [0.717, 1.165) is 63.6 Å². The van der Waals surface area contributed by atoms with Crippen LogP contribution in [0.5, 0.6) is 5.75 Å². The van der Waals surface area contributed by atoms with E-state index in [2.05, 4.69) is 45.3 Å². The molecule has 2 heterocycles. The maximum Gasteiger partial charge on any atom is 0.251 e. The summed E-state index contributed by atoms with van der Waals surface area (Å²) in [5, 5.41) is 4.03. The number of pyridine rings is 2. The predicted octanol–water partition coefficient (Wildman–Crippen LogP) is 7.79. The Balaban J connectivity index is 1.31. The van der Waals surface area contributed by atoms with E-state index >= 15 is 0 Å². The number of aromatic nitrogens is 2. The minimum atomic E-state index is -0.147. The topological polar surface area (TPSA) is 64.1 Å². The lowest BCUT2D eigenvalue weighted by atomic mass is 9.89. The fourth-order valence-electron chi connectivity index (χ4n) is 6.14. The number of fused-ring (bicyclic) bond motifs is 2. The highest BCUT2D eigenvalue weighted by Crippen LogP contribution is 2.46. The Labute approximate surface area is 237 Å². The van der Waals surface area contributed by atoms with E-state index in [1.165, 1.54) is 11.1 Å². The van der Waals surface area contributed by atoms with Gasteiger partial charge in [0.1, 0.15) is 17.1 Å². The van der Waals surface area contributed by atoms with Gasteiger partial charge in [-0.2, -0.15) is 0 Å². The summed E-state index contributed by atoms with van der Waals surface area (Å²) in [6.45, 7) is 4.65. The molecule has 5 nitrogen and oxygen atoms in total. The Kier molecular flexibility index (Phi) is 7.04. The minimum Gasteiger partial charge on any atom is -0.494 e. The van der Waals surface area contributed by atoms with Crippen molar-refractivity contribution in [2.24, 2.45) is 5.92 Å². The molecule has 2 aromatic heterocycles. The number of amides is 1. The molecule has 3 aliphatic rings. The summed E-state index contributed by atoms with van der Waals surface area (Å²) in [6.07, 6.45) is 9.38. The molecule has 3 aliphatic carbocycles. The van der Waals surface area contributed by atoms with Gasteiger partial charge in [0.2, 0.25) is 0 Å². The molecule has 0 radical (unpaired) electrons. The van der Waals surface area contributed by atoms with Crippen LogP contribution >= 0.6 is 15.9 Å². The normalized spacial score (nSPS) is 19.6. The molecule has 1 amide bonds. The number of hydrogen-bond acceptors (Lipinski definition) is 4. The minimum absolute atomic E-state index is 0.0291. The first-order chi connectivity index (χ1) is 18.8. The van der Waals surface area contributed by atoms with Crippen LogP contribution in [-0.4, -0.2) is 29.5 Å². The number of halogens is 2. The van der Waals surface area contributed by atoms with Gasteiger partial charge in [0.05, 0.1) is 12.8 Å². The first-order valence-electron chi connectivity index (χ1n) is 13.9. The van der Waals surface area contributed by atoms with Crippen LogP contribution in [0.1, 0.15) is 90.7 Å². The molecule has 202 valence electrons. The van der Waals surface area contributed by atoms with Crippen molar-refractivity contribution in [1.82, 2.24) is 15.3 Å². The number of carbonyl (C=O) groups excluding carboxylic acids is 1. The van der Waals surface area contributed by atoms with Gasteiger partial charge in [-0.3, -0.25) is 14.8 Å². The number of nitrogens with zero attached hydrogens (tertiary/aromatic N) is 2. The molecule has 1 N–H and O–H groups in total. The average Bonchev–Trinajstić information content (AvgIpc) is 3.71. The number of ether oxygens (including phenoxy) is 1. The molecule has 2 atom stereocenters. The first kappa shape index (κ1) is 26.2. The first-order valence-corrected chi connectivity index (χ1v) is 14.6. The van der Waals surface area contributed by atoms with Gasteiger partial charge in [0.25, 0.3) is 5.91 Å². The van der Waals surface area contributed by atoms with Crippen LogP contribution in [0, 0.1) is 5.92 Å². The van der Waals surface area contributed by atoms with E-state index in [9.17, 15) is 9.18 Å². The fraction of sp³-hybridized carbons (Fsp3) is 0.406. The Morgan fingerprint density at radius 1 is 1.21 bits per heavy atom. The quantitative estimate of drug-likeness (QED) is 0.305. The van der Waals surface area contributed by atoms with Crippen LogP contribution in [-0.2, 0) is 6.42 Å². The molecule has 2 unspecified atom stereocenters. The van der Waals surface area contributed by atoms with Gasteiger partial charge in [-0.1, -0.05) is 13.0 Å². The van der Waals surface area contributed by atoms with Crippen LogP contribution in [0.25, 0.3) is 16.5 Å². The van der Waals surface area contributed by atoms with Gasteiger partial charge >= 0.3 is 0 Å². The molecule has 39 heavy (non-hydrogen) atoms. The number of allylic oxidation sites excluding steroid dienone is 4. The monoisotopic (exact) mass is 589 g/mol. The molecule has 6 rings (SSSR count). The summed E-state index contributed by atoms with van der Waals surface area (Å²) >= 11 is 3.47. The molecule has 7 heteroatoms.